The molecule has 1 aliphatic carbocycles. The van der Waals surface area contributed by atoms with Gasteiger partial charge in [0, 0.05) is 11.1 Å². The second-order valence-electron chi connectivity index (χ2n) is 11.3. The second-order valence-corrected chi connectivity index (χ2v) is 11.3. The highest BCUT2D eigenvalue weighted by Gasteiger charge is 2.22. The molecule has 4 rings (SSSR count). The van der Waals surface area contributed by atoms with Gasteiger partial charge in [0.05, 0.1) is 6.61 Å². The van der Waals surface area contributed by atoms with E-state index < -0.39 is 23.3 Å². The molecule has 0 bridgehead atoms. The Morgan fingerprint density at radius 1 is 0.707 bits per heavy atom. The summed E-state index contributed by atoms with van der Waals surface area (Å²) in [7, 11) is 0. The molecule has 0 spiro atoms. The molecular weight excluding hydrogens is 524 g/mol. The van der Waals surface area contributed by atoms with Gasteiger partial charge in [-0.05, 0) is 92.0 Å². The van der Waals surface area contributed by atoms with Gasteiger partial charge in [-0.25, -0.2) is 13.2 Å². The first-order valence-corrected chi connectivity index (χ1v) is 15.3. The van der Waals surface area contributed by atoms with E-state index in [4.69, 9.17) is 4.74 Å². The van der Waals surface area contributed by atoms with E-state index in [0.29, 0.717) is 24.7 Å². The molecular formula is C36H42F4O. The van der Waals surface area contributed by atoms with Crippen LogP contribution in [0.5, 0.6) is 5.75 Å². The summed E-state index contributed by atoms with van der Waals surface area (Å²) in [4.78, 5) is 0. The summed E-state index contributed by atoms with van der Waals surface area (Å²) in [5.41, 5.74) is 2.44. The normalized spacial score (nSPS) is 17.3. The predicted molar refractivity (Wildman–Crippen MR) is 159 cm³/mol. The van der Waals surface area contributed by atoms with Crippen molar-refractivity contribution < 1.29 is 22.3 Å². The van der Waals surface area contributed by atoms with E-state index in [2.05, 4.69) is 43.3 Å². The Bertz CT molecular complexity index is 1290. The van der Waals surface area contributed by atoms with Crippen molar-refractivity contribution in [3.63, 3.8) is 0 Å². The highest BCUT2D eigenvalue weighted by atomic mass is 19.2. The fourth-order valence-electron chi connectivity index (χ4n) is 5.79. The topological polar surface area (TPSA) is 9.23 Å². The van der Waals surface area contributed by atoms with Crippen LogP contribution in [0.15, 0.2) is 60.7 Å². The van der Waals surface area contributed by atoms with Crippen LogP contribution < -0.4 is 4.74 Å². The summed E-state index contributed by atoms with van der Waals surface area (Å²) >= 11 is 0. The fraction of sp³-hybridized carbons (Fsp3) is 0.444. The van der Waals surface area contributed by atoms with Crippen LogP contribution in [0.25, 0.3) is 11.1 Å². The van der Waals surface area contributed by atoms with Crippen LogP contribution in [0, 0.1) is 29.2 Å². The van der Waals surface area contributed by atoms with E-state index >= 15 is 0 Å². The van der Waals surface area contributed by atoms with E-state index in [0.717, 1.165) is 57.8 Å². The lowest BCUT2D eigenvalue weighted by Crippen LogP contribution is -2.11. The molecule has 1 fully saturated rings. The van der Waals surface area contributed by atoms with Crippen molar-refractivity contribution in [1.82, 2.24) is 0 Å². The van der Waals surface area contributed by atoms with Crippen LogP contribution in [-0.4, -0.2) is 6.61 Å². The van der Waals surface area contributed by atoms with Crippen molar-refractivity contribution in [2.24, 2.45) is 5.92 Å². The van der Waals surface area contributed by atoms with Crippen molar-refractivity contribution in [2.45, 2.75) is 90.4 Å². The quantitative estimate of drug-likeness (QED) is 0.114. The number of aryl methyl sites for hydroxylation is 2. The molecule has 220 valence electrons. The molecule has 0 aliphatic heterocycles. The minimum absolute atomic E-state index is 0.221. The van der Waals surface area contributed by atoms with E-state index in [1.165, 1.54) is 35.4 Å². The van der Waals surface area contributed by atoms with Crippen LogP contribution in [0.4, 0.5) is 17.6 Å². The third-order valence-corrected chi connectivity index (χ3v) is 8.26. The van der Waals surface area contributed by atoms with Crippen LogP contribution >= 0.6 is 0 Å². The molecule has 0 saturated heterocycles. The van der Waals surface area contributed by atoms with Gasteiger partial charge in [0.1, 0.15) is 0 Å². The number of unbranched alkanes of at least 4 members (excludes halogenated alkanes) is 2. The number of hydrogen-bond acceptors (Lipinski definition) is 1. The maximum Gasteiger partial charge on any atom is 0.201 e. The molecule has 0 amide bonds. The van der Waals surface area contributed by atoms with Gasteiger partial charge in [-0.15, -0.1) is 0 Å². The minimum Gasteiger partial charge on any atom is -0.490 e. The first-order chi connectivity index (χ1) is 19.9. The van der Waals surface area contributed by atoms with Crippen molar-refractivity contribution in [2.75, 3.05) is 6.61 Å². The SMILES string of the molecule is CCCCCOc1ccc(-c2ccc(CC/C=C/C3CCC(c4ccc(CCC)cc4)CC3)c(F)c2F)c(F)c1F. The number of benzene rings is 3. The highest BCUT2D eigenvalue weighted by molar-refractivity contribution is 5.66. The van der Waals surface area contributed by atoms with Gasteiger partial charge >= 0.3 is 0 Å². The van der Waals surface area contributed by atoms with E-state index in [-0.39, 0.29) is 29.0 Å². The zero-order valence-corrected chi connectivity index (χ0v) is 24.3. The molecule has 0 radical (unpaired) electrons. The van der Waals surface area contributed by atoms with Gasteiger partial charge < -0.3 is 4.74 Å². The predicted octanol–water partition coefficient (Wildman–Crippen LogP) is 10.9. The third kappa shape index (κ3) is 8.02. The van der Waals surface area contributed by atoms with Crippen LogP contribution in [0.1, 0.15) is 94.2 Å². The van der Waals surface area contributed by atoms with E-state index in [1.807, 2.05) is 6.92 Å². The smallest absolute Gasteiger partial charge is 0.201 e. The molecule has 1 aliphatic rings. The van der Waals surface area contributed by atoms with Crippen molar-refractivity contribution >= 4 is 0 Å². The van der Waals surface area contributed by atoms with Gasteiger partial charge in [0.25, 0.3) is 0 Å². The number of hydrogen-bond donors (Lipinski definition) is 0. The number of allylic oxidation sites excluding steroid dienone is 2. The number of rotatable bonds is 13. The van der Waals surface area contributed by atoms with E-state index in [9.17, 15) is 17.6 Å². The molecule has 0 unspecified atom stereocenters. The summed E-state index contributed by atoms with van der Waals surface area (Å²) < 4.78 is 64.5. The Labute approximate surface area is 242 Å². The van der Waals surface area contributed by atoms with Gasteiger partial charge in [0.2, 0.25) is 5.82 Å². The minimum atomic E-state index is -1.24. The lowest BCUT2D eigenvalue weighted by molar-refractivity contribution is 0.286. The average molecular weight is 567 g/mol. The molecule has 41 heavy (non-hydrogen) atoms. The van der Waals surface area contributed by atoms with Crippen molar-refractivity contribution in [3.8, 4) is 16.9 Å². The van der Waals surface area contributed by atoms with Gasteiger partial charge in [0.15, 0.2) is 23.2 Å². The summed E-state index contributed by atoms with van der Waals surface area (Å²) in [5, 5.41) is 0. The lowest BCUT2D eigenvalue weighted by atomic mass is 9.78. The lowest BCUT2D eigenvalue weighted by Gasteiger charge is -2.27. The maximum absolute atomic E-state index is 15.0. The number of ether oxygens (including phenoxy) is 1. The average Bonchev–Trinajstić information content (AvgIpc) is 2.99. The van der Waals surface area contributed by atoms with Crippen LogP contribution in [0.2, 0.25) is 0 Å². The molecule has 1 nitrogen and oxygen atoms in total. The molecule has 3 aromatic rings. The van der Waals surface area contributed by atoms with E-state index in [1.54, 1.807) is 0 Å². The highest BCUT2D eigenvalue weighted by Crippen LogP contribution is 2.37. The molecule has 0 atom stereocenters. The summed E-state index contributed by atoms with van der Waals surface area (Å²) in [6.07, 6.45) is 14.7. The Morgan fingerprint density at radius 3 is 2.07 bits per heavy atom. The Hall–Kier alpha value is -3.08. The molecule has 0 N–H and O–H groups in total. The zero-order valence-electron chi connectivity index (χ0n) is 24.3. The largest absolute Gasteiger partial charge is 0.490 e. The molecule has 0 aromatic heterocycles. The third-order valence-electron chi connectivity index (χ3n) is 8.26. The number of halogens is 4. The van der Waals surface area contributed by atoms with Crippen molar-refractivity contribution in [3.05, 3.63) is 101 Å². The standard InChI is InChI=1S/C36H42F4O/c1-3-5-8-24-41-32-23-22-31(35(39)36(32)40)30-21-20-29(33(37)34(30)38)11-7-6-10-26-14-18-28(19-15-26)27-16-12-25(9-4-2)13-17-27/h6,10,12-13,16-17,20-23,26,28H,3-5,7-9,11,14-15,18-19,24H2,1-2H3/b10-6+. The van der Waals surface area contributed by atoms with Crippen LogP contribution in [0.3, 0.4) is 0 Å². The first kappa shape index (κ1) is 30.9. The summed E-state index contributed by atoms with van der Waals surface area (Å²) in [6, 6.07) is 14.4. The maximum atomic E-state index is 15.0. The zero-order chi connectivity index (χ0) is 29.2. The Balaban J connectivity index is 1.30. The van der Waals surface area contributed by atoms with Gasteiger partial charge in [-0.2, -0.15) is 4.39 Å². The van der Waals surface area contributed by atoms with Gasteiger partial charge in [-0.1, -0.05) is 81.7 Å². The van der Waals surface area contributed by atoms with Crippen molar-refractivity contribution in [1.29, 1.82) is 0 Å². The monoisotopic (exact) mass is 566 g/mol. The Kier molecular flexibility index (Phi) is 11.5. The van der Waals surface area contributed by atoms with Gasteiger partial charge in [-0.3, -0.25) is 0 Å². The summed E-state index contributed by atoms with van der Waals surface area (Å²) in [5.74, 6) is -3.71. The first-order valence-electron chi connectivity index (χ1n) is 15.3. The molecule has 1 saturated carbocycles. The Morgan fingerprint density at radius 2 is 1.39 bits per heavy atom. The molecule has 3 aromatic carbocycles. The fourth-order valence-corrected chi connectivity index (χ4v) is 5.79. The summed E-state index contributed by atoms with van der Waals surface area (Å²) in [6.45, 7) is 4.50. The second kappa shape index (κ2) is 15.2. The molecule has 5 heteroatoms. The van der Waals surface area contributed by atoms with Crippen LogP contribution in [-0.2, 0) is 12.8 Å². The molecule has 0 heterocycles.